The number of ether oxygens (including phenoxy) is 5. The molecule has 16 heteroatoms. The number of hydrogen-bond donors (Lipinski definition) is 1. The van der Waals surface area contributed by atoms with Crippen molar-refractivity contribution in [3.8, 4) is 6.07 Å². The van der Waals surface area contributed by atoms with E-state index in [0.717, 1.165) is 19.3 Å². The van der Waals surface area contributed by atoms with Gasteiger partial charge in [-0.05, 0) is 73.1 Å². The average molecular weight is 697 g/mol. The number of nitrogens with zero attached hydrogens (tertiary/aromatic N) is 3. The van der Waals surface area contributed by atoms with E-state index in [1.54, 1.807) is 0 Å². The first-order chi connectivity index (χ1) is 22.9. The molecule has 0 amide bonds. The minimum absolute atomic E-state index is 0.0312. The molecule has 3 heterocycles. The molecule has 4 rings (SSSR count). The number of aromatic nitrogens is 2. The van der Waals surface area contributed by atoms with Gasteiger partial charge >= 0.3 is 17.6 Å². The molecule has 48 heavy (non-hydrogen) atoms. The van der Waals surface area contributed by atoms with Crippen molar-refractivity contribution < 1.29 is 42.3 Å². The summed E-state index contributed by atoms with van der Waals surface area (Å²) >= 11 is 0. The van der Waals surface area contributed by atoms with Crippen LogP contribution in [0.5, 0.6) is 0 Å². The van der Waals surface area contributed by atoms with Crippen LogP contribution in [0.4, 0.5) is 0 Å². The molecule has 0 aromatic carbocycles. The predicted molar refractivity (Wildman–Crippen MR) is 173 cm³/mol. The van der Waals surface area contributed by atoms with E-state index in [-0.39, 0.29) is 31.2 Å². The molecule has 0 radical (unpaired) electrons. The molecule has 3 unspecified atom stereocenters. The number of carbonyl (C=O) groups is 2. The summed E-state index contributed by atoms with van der Waals surface area (Å²) in [7, 11) is -1.85. The van der Waals surface area contributed by atoms with Gasteiger partial charge in [0.15, 0.2) is 6.23 Å². The van der Waals surface area contributed by atoms with Crippen LogP contribution in [-0.2, 0) is 42.3 Å². The zero-order valence-corrected chi connectivity index (χ0v) is 29.4. The minimum atomic E-state index is -1.85. The number of nitrogens with one attached hydrogen (secondary N) is 1. The highest BCUT2D eigenvalue weighted by Gasteiger charge is 2.53. The van der Waals surface area contributed by atoms with Crippen molar-refractivity contribution in [2.24, 2.45) is 0 Å². The number of H-pyrrole nitrogens is 1. The molecule has 268 valence electrons. The van der Waals surface area contributed by atoms with E-state index in [2.05, 4.69) is 11.1 Å². The van der Waals surface area contributed by atoms with Crippen LogP contribution in [0.3, 0.4) is 0 Å². The maximum Gasteiger partial charge on any atom is 0.417 e. The Kier molecular flexibility index (Phi) is 14.1. The van der Waals surface area contributed by atoms with Crippen molar-refractivity contribution in [2.45, 2.75) is 134 Å². The van der Waals surface area contributed by atoms with E-state index in [1.165, 1.54) is 16.8 Å². The van der Waals surface area contributed by atoms with Crippen LogP contribution in [0.2, 0.25) is 0 Å². The molecule has 15 nitrogen and oxygen atoms in total. The molecule has 3 fully saturated rings. The second-order valence-corrected chi connectivity index (χ2v) is 14.5. The normalized spacial score (nSPS) is 25.2. The Morgan fingerprint density at radius 2 is 1.79 bits per heavy atom. The number of carbonyl (C=O) groups excluding carboxylic acids is 2. The summed E-state index contributed by atoms with van der Waals surface area (Å²) < 4.78 is 45.8. The summed E-state index contributed by atoms with van der Waals surface area (Å²) in [5.74, 6) is -2.25. The molecule has 3 aliphatic rings. The van der Waals surface area contributed by atoms with Crippen LogP contribution in [0, 0.1) is 11.3 Å². The second-order valence-electron chi connectivity index (χ2n) is 13.1. The fourth-order valence-corrected chi connectivity index (χ4v) is 7.96. The summed E-state index contributed by atoms with van der Waals surface area (Å²) in [6.45, 7) is 10.5. The van der Waals surface area contributed by atoms with E-state index in [4.69, 9.17) is 32.7 Å². The molecular weight excluding hydrogens is 647 g/mol. The molecule has 1 saturated carbocycles. The van der Waals surface area contributed by atoms with E-state index in [1.807, 2.05) is 39.3 Å². The third kappa shape index (κ3) is 10.2. The highest BCUT2D eigenvalue weighted by Crippen LogP contribution is 2.51. The van der Waals surface area contributed by atoms with Crippen LogP contribution in [-0.4, -0.2) is 94.7 Å². The van der Waals surface area contributed by atoms with Crippen LogP contribution in [0.25, 0.3) is 0 Å². The third-order valence-corrected chi connectivity index (χ3v) is 10.8. The number of esters is 2. The highest BCUT2D eigenvalue weighted by molar-refractivity contribution is 7.44. The number of nitriles is 1. The number of aromatic amines is 1. The average Bonchev–Trinajstić information content (AvgIpc) is 3.35. The Labute approximate surface area is 282 Å². The summed E-state index contributed by atoms with van der Waals surface area (Å²) in [5, 5.41) is 9.22. The van der Waals surface area contributed by atoms with E-state index in [0.29, 0.717) is 38.9 Å². The van der Waals surface area contributed by atoms with Gasteiger partial charge in [0.1, 0.15) is 31.0 Å². The van der Waals surface area contributed by atoms with Crippen molar-refractivity contribution in [3.63, 3.8) is 0 Å². The lowest BCUT2D eigenvalue weighted by molar-refractivity contribution is -0.175. The third-order valence-electron chi connectivity index (χ3n) is 8.63. The molecule has 0 spiro atoms. The predicted octanol–water partition coefficient (Wildman–Crippen LogP) is 3.47. The maximum atomic E-state index is 13.1. The van der Waals surface area contributed by atoms with Crippen molar-refractivity contribution in [3.05, 3.63) is 33.1 Å². The van der Waals surface area contributed by atoms with Gasteiger partial charge in [-0.3, -0.25) is 14.3 Å². The quantitative estimate of drug-likeness (QED) is 0.129. The van der Waals surface area contributed by atoms with E-state index >= 15 is 0 Å². The standard InChI is InChI=1S/C32H49N4O11P/c1-21(2)36(22(3)4)48(43-17-9-15-33)47-26-24(20-42-29(38)30(39)44-23-10-7-6-8-11-23)45-28(35-16-12-25(37)34-31(35)40)27(26)46-32(5)13-18-41-19-14-32/h12,16,21-24,26-28H,6-11,13-14,17-20H2,1-5H3,(H,34,37,40)/t24-,26?,27?,28-,48?/m1/s1. The minimum Gasteiger partial charge on any atom is -0.454 e. The van der Waals surface area contributed by atoms with E-state index < -0.39 is 68.5 Å². The first kappa shape index (κ1) is 38.1. The molecule has 5 atom stereocenters. The van der Waals surface area contributed by atoms with E-state index in [9.17, 15) is 24.4 Å². The summed E-state index contributed by atoms with van der Waals surface area (Å²) in [5.41, 5.74) is -2.02. The Hall–Kier alpha value is -2.70. The van der Waals surface area contributed by atoms with Gasteiger partial charge in [-0.1, -0.05) is 6.42 Å². The van der Waals surface area contributed by atoms with Crippen molar-refractivity contribution in [2.75, 3.05) is 26.4 Å². The monoisotopic (exact) mass is 696 g/mol. The molecule has 1 aliphatic carbocycles. The summed E-state index contributed by atoms with van der Waals surface area (Å²) in [6.07, 6.45) is 2.34. The molecule has 1 aromatic heterocycles. The fourth-order valence-electron chi connectivity index (χ4n) is 6.19. The van der Waals surface area contributed by atoms with Crippen LogP contribution < -0.4 is 11.2 Å². The molecule has 1 aromatic rings. The Morgan fingerprint density at radius 3 is 2.42 bits per heavy atom. The van der Waals surface area contributed by atoms with Gasteiger partial charge in [0.25, 0.3) is 14.1 Å². The first-order valence-corrected chi connectivity index (χ1v) is 17.9. The van der Waals surface area contributed by atoms with Gasteiger partial charge in [-0.25, -0.2) is 19.1 Å². The Balaban J connectivity index is 1.68. The lowest BCUT2D eigenvalue weighted by atomic mass is 9.95. The van der Waals surface area contributed by atoms with Crippen LogP contribution in [0.1, 0.15) is 92.2 Å². The molecule has 0 bridgehead atoms. The Bertz CT molecular complexity index is 1360. The SMILES string of the molecule is CC(C)N(C(C)C)P(OCCC#N)OC1C(OC2(C)CCOCC2)[C@H](n2ccc(=O)[nH]c2=O)O[C@@H]1COC(=O)C(=O)OC1CCCCC1. The maximum absolute atomic E-state index is 13.1. The summed E-state index contributed by atoms with van der Waals surface area (Å²) in [4.78, 5) is 52.8. The van der Waals surface area contributed by atoms with Crippen molar-refractivity contribution >= 4 is 20.5 Å². The lowest BCUT2D eigenvalue weighted by Gasteiger charge is -2.41. The lowest BCUT2D eigenvalue weighted by Crippen LogP contribution is -2.48. The highest BCUT2D eigenvalue weighted by atomic mass is 31.2. The summed E-state index contributed by atoms with van der Waals surface area (Å²) in [6, 6.07) is 3.22. The molecular formula is C32H49N4O11P. The van der Waals surface area contributed by atoms with Crippen molar-refractivity contribution in [1.82, 2.24) is 14.2 Å². The largest absolute Gasteiger partial charge is 0.454 e. The number of hydrogen-bond acceptors (Lipinski definition) is 13. The molecule has 1 N–H and O–H groups in total. The second kappa shape index (κ2) is 17.8. The van der Waals surface area contributed by atoms with Gasteiger partial charge in [-0.2, -0.15) is 5.26 Å². The molecule has 2 saturated heterocycles. The Morgan fingerprint density at radius 1 is 1.10 bits per heavy atom. The zero-order chi connectivity index (χ0) is 34.8. The van der Waals surface area contributed by atoms with Crippen LogP contribution >= 0.6 is 8.53 Å². The number of rotatable bonds is 14. The molecule has 2 aliphatic heterocycles. The first-order valence-electron chi connectivity index (χ1n) is 16.8. The van der Waals surface area contributed by atoms with Gasteiger partial charge < -0.3 is 32.7 Å². The van der Waals surface area contributed by atoms with Gasteiger partial charge in [0.2, 0.25) is 0 Å². The van der Waals surface area contributed by atoms with Gasteiger partial charge in [-0.15, -0.1) is 0 Å². The smallest absolute Gasteiger partial charge is 0.417 e. The topological polar surface area (TPSA) is 181 Å². The fraction of sp³-hybridized carbons (Fsp3) is 0.781. The van der Waals surface area contributed by atoms with Gasteiger partial charge in [0.05, 0.1) is 24.7 Å². The van der Waals surface area contributed by atoms with Gasteiger partial charge in [0, 0.05) is 37.6 Å². The zero-order valence-electron chi connectivity index (χ0n) is 28.5. The van der Waals surface area contributed by atoms with Crippen LogP contribution in [0.15, 0.2) is 21.9 Å². The van der Waals surface area contributed by atoms with Crippen molar-refractivity contribution in [1.29, 1.82) is 5.26 Å².